The van der Waals surface area contributed by atoms with E-state index in [1.807, 2.05) is 48.5 Å². The van der Waals surface area contributed by atoms with Crippen LogP contribution in [0.15, 0.2) is 61.1 Å². The number of primary amides is 1. The zero-order valence-electron chi connectivity index (χ0n) is 21.3. The van der Waals surface area contributed by atoms with Crippen molar-refractivity contribution >= 4 is 34.3 Å². The van der Waals surface area contributed by atoms with Gasteiger partial charge in [0.15, 0.2) is 0 Å². The Bertz CT molecular complexity index is 1420. The van der Waals surface area contributed by atoms with Crippen LogP contribution in [-0.4, -0.2) is 68.0 Å². The van der Waals surface area contributed by atoms with Gasteiger partial charge in [0, 0.05) is 55.8 Å². The lowest BCUT2D eigenvalue weighted by Gasteiger charge is -2.37. The second kappa shape index (κ2) is 11.2. The van der Waals surface area contributed by atoms with Gasteiger partial charge in [0.1, 0.15) is 17.8 Å². The van der Waals surface area contributed by atoms with Crippen LogP contribution < -0.4 is 16.0 Å². The molecule has 38 heavy (non-hydrogen) atoms. The predicted octanol–water partition coefficient (Wildman–Crippen LogP) is 3.29. The van der Waals surface area contributed by atoms with Crippen LogP contribution in [-0.2, 0) is 11.3 Å². The number of nitrogens with zero attached hydrogens (tertiary/aromatic N) is 7. The molecule has 1 saturated heterocycles. The van der Waals surface area contributed by atoms with Gasteiger partial charge in [-0.15, -0.1) is 5.10 Å². The summed E-state index contributed by atoms with van der Waals surface area (Å²) in [5.74, 6) is 1.10. The van der Waals surface area contributed by atoms with Gasteiger partial charge in [-0.1, -0.05) is 29.5 Å². The quantitative estimate of drug-likeness (QED) is 0.369. The van der Waals surface area contributed by atoms with Crippen LogP contribution >= 0.6 is 0 Å². The number of aryl methyl sites for hydroxylation is 1. The maximum absolute atomic E-state index is 12.9. The monoisotopic (exact) mass is 513 g/mol. The lowest BCUT2D eigenvalue weighted by Crippen LogP contribution is -2.46. The molecule has 0 radical (unpaired) electrons. The highest BCUT2D eigenvalue weighted by Crippen LogP contribution is 2.27. The molecule has 0 bridgehead atoms. The van der Waals surface area contributed by atoms with E-state index in [0.717, 1.165) is 48.2 Å². The molecule has 5 rings (SSSR count). The molecule has 11 heteroatoms. The highest BCUT2D eigenvalue weighted by molar-refractivity contribution is 5.89. The maximum Gasteiger partial charge on any atom is 0.316 e. The Hall–Kier alpha value is -4.54. The summed E-state index contributed by atoms with van der Waals surface area (Å²) in [6.45, 7) is 2.29. The van der Waals surface area contributed by atoms with E-state index in [9.17, 15) is 9.59 Å². The molecule has 11 nitrogen and oxygen atoms in total. The summed E-state index contributed by atoms with van der Waals surface area (Å²) in [7, 11) is 1.91. The number of benzene rings is 2. The topological polar surface area (TPSA) is 135 Å². The number of urea groups is 1. The summed E-state index contributed by atoms with van der Waals surface area (Å²) in [6.07, 6.45) is 6.37. The van der Waals surface area contributed by atoms with Crippen LogP contribution in [0.25, 0.3) is 22.2 Å². The Balaban J connectivity index is 1.10. The third kappa shape index (κ3) is 5.72. The SMILES string of the molecule is CN(C(=O)CCCn1cc(-c2cccc(NC(N)=O)c2)nn1)C1CCN(c2ncnc3ccccc23)CC1. The number of carbonyl (C=O) groups is 2. The number of hydrogen-bond acceptors (Lipinski definition) is 7. The minimum absolute atomic E-state index is 0.140. The molecule has 3 amide bonds. The molecule has 3 heterocycles. The minimum Gasteiger partial charge on any atom is -0.356 e. The number of rotatable bonds is 8. The molecule has 0 spiro atoms. The van der Waals surface area contributed by atoms with Crippen molar-refractivity contribution in [1.29, 1.82) is 0 Å². The zero-order valence-corrected chi connectivity index (χ0v) is 21.3. The molecule has 4 aromatic rings. The number of amides is 3. The fourth-order valence-electron chi connectivity index (χ4n) is 4.92. The number of nitrogens with one attached hydrogen (secondary N) is 1. The first-order valence-corrected chi connectivity index (χ1v) is 12.8. The maximum atomic E-state index is 12.9. The molecule has 2 aromatic carbocycles. The lowest BCUT2D eigenvalue weighted by molar-refractivity contribution is -0.132. The Morgan fingerprint density at radius 3 is 2.74 bits per heavy atom. The summed E-state index contributed by atoms with van der Waals surface area (Å²) in [5.41, 5.74) is 8.23. The van der Waals surface area contributed by atoms with Gasteiger partial charge in [0.2, 0.25) is 5.91 Å². The average molecular weight is 514 g/mol. The lowest BCUT2D eigenvalue weighted by atomic mass is 10.0. The van der Waals surface area contributed by atoms with Crippen LogP contribution in [0.4, 0.5) is 16.3 Å². The Morgan fingerprint density at radius 1 is 1.11 bits per heavy atom. The minimum atomic E-state index is -0.620. The summed E-state index contributed by atoms with van der Waals surface area (Å²) < 4.78 is 1.74. The van der Waals surface area contributed by atoms with E-state index in [1.54, 1.807) is 23.1 Å². The van der Waals surface area contributed by atoms with E-state index in [0.29, 0.717) is 30.8 Å². The number of nitrogens with two attached hydrogens (primary N) is 1. The van der Waals surface area contributed by atoms with Crippen LogP contribution in [0.3, 0.4) is 0 Å². The summed E-state index contributed by atoms with van der Waals surface area (Å²) >= 11 is 0. The molecule has 0 unspecified atom stereocenters. The van der Waals surface area contributed by atoms with Crippen molar-refractivity contribution in [2.24, 2.45) is 5.73 Å². The standard InChI is InChI=1S/C27H31N9O2/c1-34(21-11-14-35(15-12-21)26-22-8-2-3-9-23(22)29-18-30-26)25(37)10-5-13-36-17-24(32-33-36)19-6-4-7-20(16-19)31-27(28)38/h2-4,6-9,16-18,21H,5,10-15H2,1H3,(H3,28,31,38). The number of aromatic nitrogens is 5. The van der Waals surface area contributed by atoms with Crippen LogP contribution in [0, 0.1) is 0 Å². The smallest absolute Gasteiger partial charge is 0.316 e. The van der Waals surface area contributed by atoms with Gasteiger partial charge in [0.05, 0.1) is 11.7 Å². The van der Waals surface area contributed by atoms with Gasteiger partial charge in [-0.2, -0.15) is 0 Å². The van der Waals surface area contributed by atoms with Crippen molar-refractivity contribution < 1.29 is 9.59 Å². The Morgan fingerprint density at radius 2 is 1.92 bits per heavy atom. The van der Waals surface area contributed by atoms with Crippen LogP contribution in [0.5, 0.6) is 0 Å². The molecule has 1 aliphatic heterocycles. The third-order valence-electron chi connectivity index (χ3n) is 6.97. The van der Waals surface area contributed by atoms with E-state index >= 15 is 0 Å². The molecule has 0 saturated carbocycles. The zero-order chi connectivity index (χ0) is 26.5. The average Bonchev–Trinajstić information content (AvgIpc) is 3.41. The molecule has 2 aromatic heterocycles. The van der Waals surface area contributed by atoms with Gasteiger partial charge in [0.25, 0.3) is 0 Å². The molecule has 0 aliphatic carbocycles. The first kappa shape index (κ1) is 25.1. The largest absolute Gasteiger partial charge is 0.356 e. The predicted molar refractivity (Wildman–Crippen MR) is 145 cm³/mol. The van der Waals surface area contributed by atoms with E-state index in [4.69, 9.17) is 5.73 Å². The van der Waals surface area contributed by atoms with E-state index in [1.165, 1.54) is 0 Å². The van der Waals surface area contributed by atoms with Gasteiger partial charge >= 0.3 is 6.03 Å². The highest BCUT2D eigenvalue weighted by Gasteiger charge is 2.26. The summed E-state index contributed by atoms with van der Waals surface area (Å²) in [6, 6.07) is 14.9. The summed E-state index contributed by atoms with van der Waals surface area (Å²) in [4.78, 5) is 37.1. The molecular weight excluding hydrogens is 482 g/mol. The number of anilines is 2. The third-order valence-corrected chi connectivity index (χ3v) is 6.97. The van der Waals surface area contributed by atoms with Crippen LogP contribution in [0.1, 0.15) is 25.7 Å². The van der Waals surface area contributed by atoms with Gasteiger partial charge in [-0.05, 0) is 43.5 Å². The molecule has 196 valence electrons. The van der Waals surface area contributed by atoms with Crippen molar-refractivity contribution in [3.63, 3.8) is 0 Å². The van der Waals surface area contributed by atoms with E-state index < -0.39 is 6.03 Å². The van der Waals surface area contributed by atoms with Crippen molar-refractivity contribution in [3.05, 3.63) is 61.1 Å². The van der Waals surface area contributed by atoms with Crippen molar-refractivity contribution in [1.82, 2.24) is 29.9 Å². The second-order valence-corrected chi connectivity index (χ2v) is 9.48. The highest BCUT2D eigenvalue weighted by atomic mass is 16.2. The molecule has 1 fully saturated rings. The Kier molecular flexibility index (Phi) is 7.43. The van der Waals surface area contributed by atoms with Gasteiger partial charge in [-0.25, -0.2) is 14.8 Å². The first-order chi connectivity index (χ1) is 18.5. The fourth-order valence-corrected chi connectivity index (χ4v) is 4.92. The number of piperidine rings is 1. The van der Waals surface area contributed by atoms with Crippen molar-refractivity contribution in [3.8, 4) is 11.3 Å². The number of hydrogen-bond donors (Lipinski definition) is 2. The number of carbonyl (C=O) groups excluding carboxylic acids is 2. The number of para-hydroxylation sites is 1. The normalized spacial score (nSPS) is 14.0. The molecule has 3 N–H and O–H groups in total. The van der Waals surface area contributed by atoms with Crippen LogP contribution in [0.2, 0.25) is 0 Å². The van der Waals surface area contributed by atoms with E-state index in [-0.39, 0.29) is 11.9 Å². The molecule has 1 aliphatic rings. The van der Waals surface area contributed by atoms with E-state index in [2.05, 4.69) is 36.6 Å². The van der Waals surface area contributed by atoms with Gasteiger partial charge in [-0.3, -0.25) is 9.48 Å². The summed E-state index contributed by atoms with van der Waals surface area (Å²) in [5, 5.41) is 12.0. The molecule has 0 atom stereocenters. The molecular formula is C27H31N9O2. The van der Waals surface area contributed by atoms with Gasteiger partial charge < -0.3 is 20.9 Å². The van der Waals surface area contributed by atoms with Crippen molar-refractivity contribution in [2.75, 3.05) is 30.4 Å². The number of fused-ring (bicyclic) bond motifs is 1. The first-order valence-electron chi connectivity index (χ1n) is 12.8. The second-order valence-electron chi connectivity index (χ2n) is 9.48. The van der Waals surface area contributed by atoms with Crippen molar-refractivity contribution in [2.45, 2.75) is 38.3 Å². The Labute approximate surface area is 220 Å². The fraction of sp³-hybridized carbons (Fsp3) is 0.333.